The quantitative estimate of drug-likeness (QED) is 0.924. The fourth-order valence-corrected chi connectivity index (χ4v) is 3.04. The second-order valence-corrected chi connectivity index (χ2v) is 5.90. The smallest absolute Gasteiger partial charge is 0.0620 e. The van der Waals surface area contributed by atoms with Crippen molar-refractivity contribution in [1.29, 1.82) is 0 Å². The van der Waals surface area contributed by atoms with Gasteiger partial charge in [0.05, 0.1) is 13.2 Å². The van der Waals surface area contributed by atoms with Gasteiger partial charge in [0, 0.05) is 34.7 Å². The molecule has 0 bridgehead atoms. The maximum atomic E-state index is 6.30. The van der Waals surface area contributed by atoms with Gasteiger partial charge in [-0.15, -0.1) is 0 Å². The molecule has 2 unspecified atom stereocenters. The topological polar surface area (TPSA) is 38.5 Å². The molecule has 1 fully saturated rings. The predicted octanol–water partition coefficient (Wildman–Crippen LogP) is 2.82. The van der Waals surface area contributed by atoms with Gasteiger partial charge >= 0.3 is 0 Å². The van der Waals surface area contributed by atoms with E-state index in [-0.39, 0.29) is 6.04 Å². The molecule has 18 heavy (non-hydrogen) atoms. The number of morpholine rings is 1. The lowest BCUT2D eigenvalue weighted by Crippen LogP contribution is -2.47. The summed E-state index contributed by atoms with van der Waals surface area (Å²) in [5.74, 6) is 0. The van der Waals surface area contributed by atoms with E-state index in [2.05, 4.69) is 33.8 Å². The highest BCUT2D eigenvalue weighted by Gasteiger charge is 2.28. The third-order valence-corrected chi connectivity index (χ3v) is 4.20. The molecule has 0 spiro atoms. The zero-order valence-corrected chi connectivity index (χ0v) is 12.7. The molecule has 1 aromatic rings. The normalized spacial score (nSPS) is 23.0. The number of benzene rings is 1. The molecule has 0 aliphatic carbocycles. The molecule has 1 heterocycles. The Morgan fingerprint density at radius 3 is 3.06 bits per heavy atom. The number of nitrogens with two attached hydrogens (primary N) is 1. The molecule has 0 saturated carbocycles. The molecule has 1 aliphatic heterocycles. The summed E-state index contributed by atoms with van der Waals surface area (Å²) in [5.41, 5.74) is 7.05. The van der Waals surface area contributed by atoms with Gasteiger partial charge in [-0.25, -0.2) is 0 Å². The first-order valence-electron chi connectivity index (χ1n) is 6.12. The Kier molecular flexibility index (Phi) is 5.04. The van der Waals surface area contributed by atoms with Crippen molar-refractivity contribution >= 4 is 27.5 Å². The molecule has 2 rings (SSSR count). The lowest BCUT2D eigenvalue weighted by atomic mass is 10.0. The van der Waals surface area contributed by atoms with Crippen molar-refractivity contribution in [3.8, 4) is 0 Å². The average molecular weight is 334 g/mol. The predicted molar refractivity (Wildman–Crippen MR) is 77.9 cm³/mol. The number of hydrogen-bond donors (Lipinski definition) is 1. The van der Waals surface area contributed by atoms with E-state index in [1.165, 1.54) is 0 Å². The molecule has 1 saturated heterocycles. The monoisotopic (exact) mass is 332 g/mol. The summed E-state index contributed by atoms with van der Waals surface area (Å²) in [5, 5.41) is 0.771. The summed E-state index contributed by atoms with van der Waals surface area (Å²) in [6, 6.07) is 6.43. The van der Waals surface area contributed by atoms with Gasteiger partial charge in [0.25, 0.3) is 0 Å². The van der Waals surface area contributed by atoms with Gasteiger partial charge in [0.2, 0.25) is 0 Å². The number of rotatable bonds is 3. The minimum atomic E-state index is 0.147. The van der Waals surface area contributed by atoms with Gasteiger partial charge in [-0.05, 0) is 30.7 Å². The van der Waals surface area contributed by atoms with Crippen molar-refractivity contribution in [1.82, 2.24) is 4.90 Å². The third-order valence-electron chi connectivity index (χ3n) is 3.36. The molecule has 1 aromatic carbocycles. The van der Waals surface area contributed by atoms with E-state index in [0.717, 1.165) is 34.8 Å². The van der Waals surface area contributed by atoms with Crippen LogP contribution in [0.25, 0.3) is 0 Å². The maximum Gasteiger partial charge on any atom is 0.0620 e. The van der Waals surface area contributed by atoms with Crippen LogP contribution >= 0.6 is 27.5 Å². The summed E-state index contributed by atoms with van der Waals surface area (Å²) in [4.78, 5) is 2.37. The molecule has 2 atom stereocenters. The first kappa shape index (κ1) is 14.3. The molecule has 1 aliphatic rings. The Morgan fingerprint density at radius 2 is 2.39 bits per heavy atom. The van der Waals surface area contributed by atoms with E-state index >= 15 is 0 Å². The van der Waals surface area contributed by atoms with Crippen LogP contribution in [-0.4, -0.2) is 37.2 Å². The first-order valence-corrected chi connectivity index (χ1v) is 7.29. The average Bonchev–Trinajstić information content (AvgIpc) is 2.36. The van der Waals surface area contributed by atoms with E-state index in [9.17, 15) is 0 Å². The van der Waals surface area contributed by atoms with Crippen LogP contribution in [0.5, 0.6) is 0 Å². The van der Waals surface area contributed by atoms with E-state index < -0.39 is 0 Å². The molecule has 3 nitrogen and oxygen atoms in total. The first-order chi connectivity index (χ1) is 8.63. The number of nitrogens with zero attached hydrogens (tertiary/aromatic N) is 1. The molecule has 2 N–H and O–H groups in total. The van der Waals surface area contributed by atoms with Gasteiger partial charge in [-0.2, -0.15) is 0 Å². The Bertz CT molecular complexity index is 416. The summed E-state index contributed by atoms with van der Waals surface area (Å²) < 4.78 is 6.50. The van der Waals surface area contributed by atoms with Crippen molar-refractivity contribution in [2.75, 3.05) is 26.3 Å². The standard InChI is InChI=1S/C13H18BrClN2O/c1-9-8-18-5-4-17(9)13(7-16)11-6-10(14)2-3-12(11)15/h2-3,6,9,13H,4-5,7-8,16H2,1H3. The lowest BCUT2D eigenvalue weighted by molar-refractivity contribution is -0.0209. The molecule has 5 heteroatoms. The summed E-state index contributed by atoms with van der Waals surface area (Å²) in [7, 11) is 0. The van der Waals surface area contributed by atoms with E-state index in [1.54, 1.807) is 0 Å². The molecular weight excluding hydrogens is 316 g/mol. The fourth-order valence-electron chi connectivity index (χ4n) is 2.41. The zero-order chi connectivity index (χ0) is 13.1. The molecule has 100 valence electrons. The van der Waals surface area contributed by atoms with E-state index in [1.807, 2.05) is 12.1 Å². The van der Waals surface area contributed by atoms with Crippen LogP contribution in [0.15, 0.2) is 22.7 Å². The van der Waals surface area contributed by atoms with Crippen LogP contribution in [0, 0.1) is 0 Å². The summed E-state index contributed by atoms with van der Waals surface area (Å²) in [6.07, 6.45) is 0. The van der Waals surface area contributed by atoms with Gasteiger partial charge in [0.15, 0.2) is 0 Å². The summed E-state index contributed by atoms with van der Waals surface area (Å²) >= 11 is 9.79. The molecule has 0 radical (unpaired) electrons. The van der Waals surface area contributed by atoms with Crippen molar-refractivity contribution in [3.05, 3.63) is 33.3 Å². The van der Waals surface area contributed by atoms with Gasteiger partial charge in [-0.1, -0.05) is 27.5 Å². The minimum Gasteiger partial charge on any atom is -0.379 e. The summed E-state index contributed by atoms with van der Waals surface area (Å²) in [6.45, 7) is 5.12. The number of hydrogen-bond acceptors (Lipinski definition) is 3. The van der Waals surface area contributed by atoms with Crippen LogP contribution in [-0.2, 0) is 4.74 Å². The van der Waals surface area contributed by atoms with Crippen LogP contribution in [0.4, 0.5) is 0 Å². The van der Waals surface area contributed by atoms with Crippen LogP contribution < -0.4 is 5.73 Å². The second-order valence-electron chi connectivity index (χ2n) is 4.58. The highest BCUT2D eigenvalue weighted by Crippen LogP contribution is 2.31. The fraction of sp³-hybridized carbons (Fsp3) is 0.538. The van der Waals surface area contributed by atoms with Gasteiger partial charge in [-0.3, -0.25) is 4.90 Å². The Hall–Kier alpha value is -0.130. The van der Waals surface area contributed by atoms with Crippen molar-refractivity contribution in [2.24, 2.45) is 5.73 Å². The van der Waals surface area contributed by atoms with Crippen LogP contribution in [0.1, 0.15) is 18.5 Å². The van der Waals surface area contributed by atoms with Gasteiger partial charge in [0.1, 0.15) is 0 Å². The Labute approximate surface area is 121 Å². The van der Waals surface area contributed by atoms with Crippen molar-refractivity contribution in [3.63, 3.8) is 0 Å². The highest BCUT2D eigenvalue weighted by atomic mass is 79.9. The van der Waals surface area contributed by atoms with Crippen molar-refractivity contribution in [2.45, 2.75) is 19.0 Å². The highest BCUT2D eigenvalue weighted by molar-refractivity contribution is 9.10. The molecular formula is C13H18BrClN2O. The molecule has 0 amide bonds. The Morgan fingerprint density at radius 1 is 1.61 bits per heavy atom. The third kappa shape index (κ3) is 3.06. The van der Waals surface area contributed by atoms with Crippen LogP contribution in [0.2, 0.25) is 5.02 Å². The maximum absolute atomic E-state index is 6.30. The largest absolute Gasteiger partial charge is 0.379 e. The molecule has 0 aromatic heterocycles. The van der Waals surface area contributed by atoms with E-state index in [0.29, 0.717) is 12.6 Å². The lowest BCUT2D eigenvalue weighted by Gasteiger charge is -2.39. The minimum absolute atomic E-state index is 0.147. The van der Waals surface area contributed by atoms with Crippen molar-refractivity contribution < 1.29 is 4.74 Å². The zero-order valence-electron chi connectivity index (χ0n) is 10.4. The van der Waals surface area contributed by atoms with Gasteiger partial charge < -0.3 is 10.5 Å². The van der Waals surface area contributed by atoms with E-state index in [4.69, 9.17) is 22.1 Å². The number of halogens is 2. The number of ether oxygens (including phenoxy) is 1. The SMILES string of the molecule is CC1COCCN1C(CN)c1cc(Br)ccc1Cl. The van der Waals surface area contributed by atoms with Crippen LogP contribution in [0.3, 0.4) is 0 Å². The second kappa shape index (κ2) is 6.35. The Balaban J connectivity index is 2.29.